The Hall–Kier alpha value is -9.76. The van der Waals surface area contributed by atoms with E-state index in [9.17, 15) is 0 Å². The van der Waals surface area contributed by atoms with E-state index in [1.807, 2.05) is 0 Å². The molecule has 91 heavy (non-hydrogen) atoms. The Morgan fingerprint density at radius 3 is 0.912 bits per heavy atom. The molecule has 0 amide bonds. The highest BCUT2D eigenvalue weighted by Crippen LogP contribution is 2.69. The van der Waals surface area contributed by atoms with Crippen molar-refractivity contribution < 1.29 is 0 Å². The average molecular weight is 1180 g/mol. The molecule has 0 saturated carbocycles. The lowest BCUT2D eigenvalue weighted by atomic mass is 9.61. The topological polar surface area (TPSA) is 6.48 Å². The Labute approximate surface area is 539 Å². The van der Waals surface area contributed by atoms with Gasteiger partial charge in [0.05, 0.1) is 39.0 Å². The second-order valence-electron chi connectivity index (χ2n) is 26.9. The van der Waals surface area contributed by atoms with Crippen LogP contribution in [-0.4, -0.2) is 0 Å². The van der Waals surface area contributed by atoms with Crippen molar-refractivity contribution in [1.29, 1.82) is 0 Å². The number of fused-ring (bicyclic) bond motifs is 14. The first kappa shape index (κ1) is 56.5. The van der Waals surface area contributed by atoms with Crippen LogP contribution in [0.1, 0.15) is 151 Å². The predicted octanol–water partition coefficient (Wildman–Crippen LogP) is 22.9. The van der Waals surface area contributed by atoms with Crippen molar-refractivity contribution >= 4 is 34.1 Å². The summed E-state index contributed by atoms with van der Waals surface area (Å²) in [7, 11) is 0. The summed E-state index contributed by atoms with van der Waals surface area (Å²) in [6, 6.07) is 101. The van der Waals surface area contributed by atoms with Gasteiger partial charge in [0.1, 0.15) is 0 Å². The summed E-state index contributed by atoms with van der Waals surface area (Å²) >= 11 is 0. The van der Waals surface area contributed by atoms with Gasteiger partial charge in [-0.2, -0.15) is 0 Å². The molecule has 12 aromatic carbocycles. The molecule has 2 heteroatoms. The van der Waals surface area contributed by atoms with Crippen LogP contribution >= 0.6 is 0 Å². The predicted molar refractivity (Wildman–Crippen MR) is 381 cm³/mol. The van der Waals surface area contributed by atoms with Crippen molar-refractivity contribution in [3.63, 3.8) is 0 Å². The number of anilines is 6. The molecular formula is C89H78N2. The number of unbranched alkanes of at least 4 members (excludes halogenated alkanes) is 2. The summed E-state index contributed by atoms with van der Waals surface area (Å²) in [5.74, 6) is 0. The van der Waals surface area contributed by atoms with E-state index < -0.39 is 16.2 Å². The molecule has 1 spiro atoms. The second-order valence-corrected chi connectivity index (χ2v) is 26.9. The molecule has 0 saturated heterocycles. The van der Waals surface area contributed by atoms with Crippen LogP contribution < -0.4 is 9.80 Å². The van der Waals surface area contributed by atoms with Crippen LogP contribution in [0.5, 0.6) is 0 Å². The van der Waals surface area contributed by atoms with E-state index in [1.54, 1.807) is 0 Å². The lowest BCUT2D eigenvalue weighted by Crippen LogP contribution is -2.38. The third-order valence-corrected chi connectivity index (χ3v) is 21.2. The highest BCUT2D eigenvalue weighted by Gasteiger charge is 2.57. The maximum absolute atomic E-state index is 2.70. The Morgan fingerprint density at radius 1 is 0.253 bits per heavy atom. The summed E-state index contributed by atoms with van der Waals surface area (Å²) in [6.45, 7) is 18.0. The van der Waals surface area contributed by atoms with Crippen molar-refractivity contribution in [2.75, 3.05) is 9.80 Å². The molecule has 0 radical (unpaired) electrons. The van der Waals surface area contributed by atoms with Crippen molar-refractivity contribution in [3.8, 4) is 22.3 Å². The molecule has 2 heterocycles. The van der Waals surface area contributed by atoms with E-state index >= 15 is 0 Å². The largest absolute Gasteiger partial charge is 0.310 e. The summed E-state index contributed by atoms with van der Waals surface area (Å²) in [5.41, 5.74) is 35.5. The number of hydrogen-bond donors (Lipinski definition) is 0. The highest BCUT2D eigenvalue weighted by atomic mass is 15.2. The lowest BCUT2D eigenvalue weighted by molar-refractivity contribution is 0.724. The maximum atomic E-state index is 2.70. The lowest BCUT2D eigenvalue weighted by Gasteiger charge is -2.47. The molecule has 0 bridgehead atoms. The minimum Gasteiger partial charge on any atom is -0.310 e. The van der Waals surface area contributed by atoms with Gasteiger partial charge in [-0.05, 0) is 228 Å². The molecule has 2 aliphatic carbocycles. The van der Waals surface area contributed by atoms with Gasteiger partial charge in [-0.1, -0.05) is 254 Å². The number of aryl methyl sites for hydroxylation is 8. The van der Waals surface area contributed by atoms with Crippen LogP contribution in [-0.2, 0) is 29.1 Å². The van der Waals surface area contributed by atoms with Gasteiger partial charge in [-0.15, -0.1) is 0 Å². The maximum Gasteiger partial charge on any atom is 0.0742 e. The first-order chi connectivity index (χ1) is 44.5. The van der Waals surface area contributed by atoms with Crippen LogP contribution in [0.15, 0.2) is 255 Å². The van der Waals surface area contributed by atoms with Gasteiger partial charge >= 0.3 is 0 Å². The summed E-state index contributed by atoms with van der Waals surface area (Å²) < 4.78 is 0. The van der Waals surface area contributed by atoms with Crippen LogP contribution in [0.2, 0.25) is 0 Å². The Morgan fingerprint density at radius 2 is 0.571 bits per heavy atom. The Balaban J connectivity index is 1.10. The molecule has 4 aliphatic rings. The highest BCUT2D eigenvalue weighted by molar-refractivity contribution is 6.02. The zero-order chi connectivity index (χ0) is 61.9. The van der Waals surface area contributed by atoms with Crippen molar-refractivity contribution in [2.45, 2.75) is 110 Å². The third kappa shape index (κ3) is 8.37. The minimum atomic E-state index is -0.746. The fraction of sp³-hybridized carbons (Fsp3) is 0.191. The van der Waals surface area contributed by atoms with E-state index in [4.69, 9.17) is 0 Å². The van der Waals surface area contributed by atoms with E-state index in [2.05, 4.69) is 320 Å². The molecule has 16 rings (SSSR count). The molecule has 2 aliphatic heterocycles. The van der Waals surface area contributed by atoms with Crippen LogP contribution in [0.25, 0.3) is 22.3 Å². The minimum absolute atomic E-state index is 0.721. The van der Waals surface area contributed by atoms with Gasteiger partial charge in [-0.25, -0.2) is 0 Å². The molecule has 2 nitrogen and oxygen atoms in total. The van der Waals surface area contributed by atoms with Crippen molar-refractivity contribution in [1.82, 2.24) is 0 Å². The summed E-state index contributed by atoms with van der Waals surface area (Å²) in [4.78, 5) is 5.27. The smallest absolute Gasteiger partial charge is 0.0742 e. The van der Waals surface area contributed by atoms with Gasteiger partial charge in [-0.3, -0.25) is 0 Å². The zero-order valence-corrected chi connectivity index (χ0v) is 53.9. The summed E-state index contributed by atoms with van der Waals surface area (Å²) in [6.07, 6.45) is 6.77. The Kier molecular flexibility index (Phi) is 13.5. The number of benzene rings is 12. The SMILES string of the molecule is CCCCc1ccc(N2c3ccc(C)cc3C(c3ccc(C)cc3)(c3ccc(C)cc3)c3cc4c(cc32)C2(c3ccccc3-c3ccccc32)c2cc3c(cc2-4)C(c2ccc(C)cc2)(c2ccc(C)cc2)c2cc(C)ccc2N3c2ccc(CCCC)cc2)cc1. The van der Waals surface area contributed by atoms with E-state index in [0.717, 1.165) is 49.9 Å². The molecular weight excluding hydrogens is 1100 g/mol. The second kappa shape index (κ2) is 21.7. The van der Waals surface area contributed by atoms with Crippen molar-refractivity contribution in [3.05, 3.63) is 366 Å². The van der Waals surface area contributed by atoms with Crippen LogP contribution in [0.3, 0.4) is 0 Å². The quantitative estimate of drug-likeness (QED) is 0.120. The van der Waals surface area contributed by atoms with Gasteiger partial charge in [0, 0.05) is 11.4 Å². The van der Waals surface area contributed by atoms with Gasteiger partial charge in [0.15, 0.2) is 0 Å². The van der Waals surface area contributed by atoms with Gasteiger partial charge in [0.25, 0.3) is 0 Å². The average Bonchev–Trinajstić information content (AvgIpc) is 1.61. The zero-order valence-electron chi connectivity index (χ0n) is 53.9. The fourth-order valence-electron chi connectivity index (χ4n) is 16.7. The first-order valence-electron chi connectivity index (χ1n) is 33.3. The molecule has 444 valence electrons. The first-order valence-corrected chi connectivity index (χ1v) is 33.3. The number of nitrogens with zero attached hydrogens (tertiary/aromatic N) is 2. The van der Waals surface area contributed by atoms with E-state index in [-0.39, 0.29) is 0 Å². The third-order valence-electron chi connectivity index (χ3n) is 21.2. The molecule has 0 fully saturated rings. The van der Waals surface area contributed by atoms with Gasteiger partial charge < -0.3 is 9.80 Å². The van der Waals surface area contributed by atoms with Crippen LogP contribution in [0.4, 0.5) is 34.1 Å². The van der Waals surface area contributed by atoms with Crippen molar-refractivity contribution in [2.24, 2.45) is 0 Å². The number of rotatable bonds is 12. The van der Waals surface area contributed by atoms with E-state index in [0.29, 0.717) is 0 Å². The fourth-order valence-corrected chi connectivity index (χ4v) is 16.7. The summed E-state index contributed by atoms with van der Waals surface area (Å²) in [5, 5.41) is 0. The molecule has 0 N–H and O–H groups in total. The monoisotopic (exact) mass is 1170 g/mol. The molecule has 12 aromatic rings. The normalized spacial score (nSPS) is 14.6. The Bertz CT molecular complexity index is 4410. The van der Waals surface area contributed by atoms with Gasteiger partial charge in [0.2, 0.25) is 0 Å². The molecule has 0 unspecified atom stereocenters. The molecule has 0 aromatic heterocycles. The number of hydrogen-bond acceptors (Lipinski definition) is 2. The van der Waals surface area contributed by atoms with Crippen LogP contribution in [0, 0.1) is 41.5 Å². The standard InChI is InChI=1S/C89H78N2/c1-9-11-17-63-33-45-69(46-34-63)90-83-49-31-61(7)51-79(83)87(65-37-23-57(3)24-38-65,66-39-25-58(4)26-40-66)81-53-73-74-54-82-86(56-78(74)89(77(73)55-85(81)90)75-21-15-13-19-71(75)72-20-14-16-22-76(72)89)91(70-47-35-64(36-48-70)18-12-10-2)84-50-32-62(8)52-80(84)88(82,67-41-27-59(5)28-42-67)68-43-29-60(6)30-44-68/h13-16,19-56H,9-12,17-18H2,1-8H3. The van der Waals surface area contributed by atoms with E-state index in [1.165, 1.54) is 156 Å². The molecule has 0 atom stereocenters.